The Morgan fingerprint density at radius 2 is 1.91 bits per heavy atom. The predicted molar refractivity (Wildman–Crippen MR) is 90.8 cm³/mol. The van der Waals surface area contributed by atoms with Crippen molar-refractivity contribution in [3.8, 4) is 0 Å². The van der Waals surface area contributed by atoms with Crippen molar-refractivity contribution in [1.82, 2.24) is 4.90 Å². The van der Waals surface area contributed by atoms with E-state index in [2.05, 4.69) is 30.4 Å². The molecular weight excluding hydrogens is 319 g/mol. The zero-order valence-electron chi connectivity index (χ0n) is 12.2. The maximum atomic E-state index is 12.4. The highest BCUT2D eigenvalue weighted by Gasteiger charge is 2.20. The molecule has 0 atom stereocenters. The minimum absolute atomic E-state index is 0.121. The molecule has 0 saturated carbocycles. The number of rotatable bonds is 1. The summed E-state index contributed by atoms with van der Waals surface area (Å²) in [6, 6.07) is 11.3. The molecule has 0 spiro atoms. The van der Waals surface area contributed by atoms with E-state index in [9.17, 15) is 4.79 Å². The third-order valence-electron chi connectivity index (χ3n) is 3.83. The van der Waals surface area contributed by atoms with Gasteiger partial charge in [0.1, 0.15) is 0 Å². The molecule has 114 valence electrons. The van der Waals surface area contributed by atoms with E-state index >= 15 is 0 Å². The maximum Gasteiger partial charge on any atom is 0.322 e. The smallest absolute Gasteiger partial charge is 0.320 e. The second-order valence-corrected chi connectivity index (χ2v) is 6.32. The zero-order valence-corrected chi connectivity index (χ0v) is 13.7. The van der Waals surface area contributed by atoms with Gasteiger partial charge in [-0.3, -0.25) is 0 Å². The fourth-order valence-electron chi connectivity index (χ4n) is 2.63. The molecule has 0 aliphatic carbocycles. The van der Waals surface area contributed by atoms with Gasteiger partial charge in [0.25, 0.3) is 0 Å². The van der Waals surface area contributed by atoms with E-state index in [0.717, 1.165) is 6.42 Å². The molecule has 2 amide bonds. The molecule has 3 nitrogen and oxygen atoms in total. The minimum Gasteiger partial charge on any atom is -0.320 e. The Morgan fingerprint density at radius 3 is 2.68 bits per heavy atom. The second kappa shape index (κ2) is 6.19. The van der Waals surface area contributed by atoms with Crippen LogP contribution in [0, 0.1) is 6.92 Å². The molecule has 1 heterocycles. The Bertz CT molecular complexity index is 731. The largest absolute Gasteiger partial charge is 0.322 e. The van der Waals surface area contributed by atoms with Gasteiger partial charge in [-0.1, -0.05) is 47.0 Å². The number of nitrogens with one attached hydrogen (secondary N) is 1. The number of hydrogen-bond donors (Lipinski definition) is 1. The van der Waals surface area contributed by atoms with E-state index in [1.165, 1.54) is 16.7 Å². The van der Waals surface area contributed by atoms with Crippen LogP contribution in [-0.2, 0) is 13.0 Å². The van der Waals surface area contributed by atoms with Crippen LogP contribution < -0.4 is 5.32 Å². The van der Waals surface area contributed by atoms with Crippen molar-refractivity contribution in [2.45, 2.75) is 19.9 Å². The molecule has 2 aromatic carbocycles. The number of urea groups is 1. The number of amides is 2. The Balaban J connectivity index is 1.71. The summed E-state index contributed by atoms with van der Waals surface area (Å²) in [7, 11) is 0. The lowest BCUT2D eigenvalue weighted by Gasteiger charge is -2.29. The van der Waals surface area contributed by atoms with Crippen molar-refractivity contribution in [2.75, 3.05) is 11.9 Å². The van der Waals surface area contributed by atoms with E-state index in [-0.39, 0.29) is 6.03 Å². The van der Waals surface area contributed by atoms with Gasteiger partial charge in [-0.2, -0.15) is 0 Å². The minimum atomic E-state index is -0.121. The van der Waals surface area contributed by atoms with Crippen LogP contribution in [-0.4, -0.2) is 17.5 Å². The highest BCUT2D eigenvalue weighted by atomic mass is 35.5. The molecule has 3 rings (SSSR count). The number of halogens is 2. The third kappa shape index (κ3) is 3.21. The summed E-state index contributed by atoms with van der Waals surface area (Å²) in [5, 5.41) is 3.77. The van der Waals surface area contributed by atoms with Crippen molar-refractivity contribution in [1.29, 1.82) is 0 Å². The maximum absolute atomic E-state index is 12.4. The van der Waals surface area contributed by atoms with E-state index in [0.29, 0.717) is 28.8 Å². The van der Waals surface area contributed by atoms with Crippen LogP contribution >= 0.6 is 23.2 Å². The van der Waals surface area contributed by atoms with Crippen LogP contribution in [0.1, 0.15) is 16.7 Å². The van der Waals surface area contributed by atoms with Crippen molar-refractivity contribution < 1.29 is 4.79 Å². The van der Waals surface area contributed by atoms with Gasteiger partial charge in [-0.25, -0.2) is 4.79 Å². The normalized spacial score (nSPS) is 13.7. The summed E-state index contributed by atoms with van der Waals surface area (Å²) >= 11 is 11.8. The lowest BCUT2D eigenvalue weighted by atomic mass is 9.98. The first-order valence-electron chi connectivity index (χ1n) is 7.12. The SMILES string of the molecule is Cc1ccc2c(c1)CCN(C(=O)Nc1ccc(Cl)c(Cl)c1)C2. The van der Waals surface area contributed by atoms with Gasteiger partial charge in [0.05, 0.1) is 10.0 Å². The topological polar surface area (TPSA) is 32.3 Å². The molecule has 1 aliphatic heterocycles. The molecule has 0 radical (unpaired) electrons. The fraction of sp³-hybridized carbons (Fsp3) is 0.235. The van der Waals surface area contributed by atoms with Crippen molar-refractivity contribution in [3.63, 3.8) is 0 Å². The summed E-state index contributed by atoms with van der Waals surface area (Å²) in [4.78, 5) is 14.2. The van der Waals surface area contributed by atoms with Crippen LogP contribution in [0.2, 0.25) is 10.0 Å². The average Bonchev–Trinajstić information content (AvgIpc) is 2.50. The number of benzene rings is 2. The number of hydrogen-bond acceptors (Lipinski definition) is 1. The van der Waals surface area contributed by atoms with Crippen LogP contribution in [0.4, 0.5) is 10.5 Å². The van der Waals surface area contributed by atoms with Crippen molar-refractivity contribution in [2.24, 2.45) is 0 Å². The first kappa shape index (κ1) is 15.2. The Labute approximate surface area is 139 Å². The molecule has 0 unspecified atom stereocenters. The van der Waals surface area contributed by atoms with Gasteiger partial charge in [0.15, 0.2) is 0 Å². The molecule has 0 aromatic heterocycles. The number of carbonyl (C=O) groups excluding carboxylic acids is 1. The fourth-order valence-corrected chi connectivity index (χ4v) is 2.93. The highest BCUT2D eigenvalue weighted by Crippen LogP contribution is 2.26. The van der Waals surface area contributed by atoms with Crippen molar-refractivity contribution >= 4 is 34.9 Å². The van der Waals surface area contributed by atoms with Gasteiger partial charge >= 0.3 is 6.03 Å². The lowest BCUT2D eigenvalue weighted by molar-refractivity contribution is 0.206. The molecule has 0 saturated heterocycles. The standard InChI is InChI=1S/C17H16Cl2N2O/c1-11-2-3-13-10-21(7-6-12(13)8-11)17(22)20-14-4-5-15(18)16(19)9-14/h2-5,8-9H,6-7,10H2,1H3,(H,20,22). The Morgan fingerprint density at radius 1 is 1.09 bits per heavy atom. The van der Waals surface area contributed by atoms with Gasteiger partial charge in [0, 0.05) is 18.8 Å². The Hall–Kier alpha value is -1.71. The number of carbonyl (C=O) groups is 1. The van der Waals surface area contributed by atoms with Gasteiger partial charge in [0.2, 0.25) is 0 Å². The van der Waals surface area contributed by atoms with E-state index < -0.39 is 0 Å². The predicted octanol–water partition coefficient (Wildman–Crippen LogP) is 4.89. The van der Waals surface area contributed by atoms with Gasteiger partial charge in [-0.15, -0.1) is 0 Å². The molecule has 2 aromatic rings. The molecule has 1 N–H and O–H groups in total. The number of fused-ring (bicyclic) bond motifs is 1. The quantitative estimate of drug-likeness (QED) is 0.790. The number of nitrogens with zero attached hydrogens (tertiary/aromatic N) is 1. The van der Waals surface area contributed by atoms with E-state index in [1.807, 2.05) is 0 Å². The van der Waals surface area contributed by atoms with Gasteiger partial charge < -0.3 is 10.2 Å². The summed E-state index contributed by atoms with van der Waals surface area (Å²) in [5.74, 6) is 0. The average molecular weight is 335 g/mol. The van der Waals surface area contributed by atoms with Crippen LogP contribution in [0.3, 0.4) is 0 Å². The van der Waals surface area contributed by atoms with E-state index in [4.69, 9.17) is 23.2 Å². The summed E-state index contributed by atoms with van der Waals surface area (Å²) in [5.41, 5.74) is 4.45. The van der Waals surface area contributed by atoms with Crippen LogP contribution in [0.15, 0.2) is 36.4 Å². The Kier molecular flexibility index (Phi) is 4.27. The molecule has 0 fully saturated rings. The van der Waals surface area contributed by atoms with Crippen LogP contribution in [0.25, 0.3) is 0 Å². The number of aryl methyl sites for hydroxylation is 1. The first-order chi connectivity index (χ1) is 10.5. The molecule has 1 aliphatic rings. The zero-order chi connectivity index (χ0) is 15.7. The van der Waals surface area contributed by atoms with Gasteiger partial charge in [-0.05, 0) is 42.7 Å². The molecular formula is C17H16Cl2N2O. The molecule has 5 heteroatoms. The first-order valence-corrected chi connectivity index (χ1v) is 7.88. The molecule has 22 heavy (non-hydrogen) atoms. The summed E-state index contributed by atoms with van der Waals surface area (Å²) < 4.78 is 0. The van der Waals surface area contributed by atoms with E-state index in [1.54, 1.807) is 23.1 Å². The summed E-state index contributed by atoms with van der Waals surface area (Å²) in [6.07, 6.45) is 0.881. The van der Waals surface area contributed by atoms with Crippen LogP contribution in [0.5, 0.6) is 0 Å². The monoisotopic (exact) mass is 334 g/mol. The third-order valence-corrected chi connectivity index (χ3v) is 4.57. The molecule has 0 bridgehead atoms. The number of anilines is 1. The summed E-state index contributed by atoms with van der Waals surface area (Å²) in [6.45, 7) is 3.43. The van der Waals surface area contributed by atoms with Crippen molar-refractivity contribution in [3.05, 3.63) is 63.1 Å². The second-order valence-electron chi connectivity index (χ2n) is 5.50. The lowest BCUT2D eigenvalue weighted by Crippen LogP contribution is -2.38. The highest BCUT2D eigenvalue weighted by molar-refractivity contribution is 6.42.